The van der Waals surface area contributed by atoms with Crippen molar-refractivity contribution in [3.05, 3.63) is 17.8 Å². The summed E-state index contributed by atoms with van der Waals surface area (Å²) < 4.78 is 16.4. The van der Waals surface area contributed by atoms with Crippen molar-refractivity contribution in [2.45, 2.75) is 25.8 Å². The van der Waals surface area contributed by atoms with Crippen LogP contribution in [-0.4, -0.2) is 48.7 Å². The quantitative estimate of drug-likeness (QED) is 0.758. The summed E-state index contributed by atoms with van der Waals surface area (Å²) in [5.41, 5.74) is 3.56. The van der Waals surface area contributed by atoms with Crippen molar-refractivity contribution in [2.75, 3.05) is 32.8 Å². The summed E-state index contributed by atoms with van der Waals surface area (Å²) in [5.74, 6) is 1.35. The molecule has 25 heavy (non-hydrogen) atoms. The van der Waals surface area contributed by atoms with Gasteiger partial charge in [0, 0.05) is 36.4 Å². The van der Waals surface area contributed by atoms with Gasteiger partial charge in [0.2, 0.25) is 0 Å². The number of hydrogen-bond acceptors (Lipinski definition) is 6. The number of rotatable bonds is 4. The Balaban J connectivity index is 1.94. The molecular weight excluding hydrogens is 320 g/mol. The van der Waals surface area contributed by atoms with Gasteiger partial charge < -0.3 is 19.5 Å². The van der Waals surface area contributed by atoms with E-state index >= 15 is 0 Å². The van der Waals surface area contributed by atoms with Crippen LogP contribution in [0.3, 0.4) is 0 Å². The summed E-state index contributed by atoms with van der Waals surface area (Å²) in [5, 5.41) is 13.1. The number of H-pyrrole nitrogens is 1. The fraction of sp³-hybridized carbons (Fsp3) is 0.444. The highest BCUT2D eigenvalue weighted by atomic mass is 16.5. The number of nitrogens with zero attached hydrogens (tertiary/aromatic N) is 2. The van der Waals surface area contributed by atoms with Crippen LogP contribution in [0.15, 0.2) is 12.1 Å². The minimum absolute atomic E-state index is 0.366. The zero-order valence-corrected chi connectivity index (χ0v) is 14.7. The molecule has 0 radical (unpaired) electrons. The van der Waals surface area contributed by atoms with Crippen molar-refractivity contribution in [1.29, 1.82) is 0 Å². The van der Waals surface area contributed by atoms with E-state index in [0.717, 1.165) is 53.7 Å². The third kappa shape index (κ3) is 2.74. The molecule has 7 nitrogen and oxygen atoms in total. The molecule has 1 aliphatic rings. The van der Waals surface area contributed by atoms with Gasteiger partial charge in [-0.25, -0.2) is 4.98 Å². The molecule has 0 atom stereocenters. The summed E-state index contributed by atoms with van der Waals surface area (Å²) >= 11 is 0. The molecule has 0 saturated carbocycles. The Kier molecular flexibility index (Phi) is 4.09. The monoisotopic (exact) mass is 342 g/mol. The molecule has 0 unspecified atom stereocenters. The van der Waals surface area contributed by atoms with Crippen LogP contribution in [0, 0.1) is 6.92 Å². The molecule has 2 aromatic heterocycles. The maximum Gasteiger partial charge on any atom is 0.183 e. The zero-order chi connectivity index (χ0) is 17.4. The number of hydrogen-bond donors (Lipinski definition) is 2. The number of aryl methyl sites for hydroxylation is 1. The van der Waals surface area contributed by atoms with Crippen LogP contribution in [0.5, 0.6) is 11.5 Å². The maximum atomic E-state index is 5.49. The second-order valence-electron chi connectivity index (χ2n) is 6.29. The van der Waals surface area contributed by atoms with Crippen LogP contribution in [0.2, 0.25) is 0 Å². The van der Waals surface area contributed by atoms with Crippen LogP contribution in [0.4, 0.5) is 5.69 Å². The zero-order valence-electron chi connectivity index (χ0n) is 14.7. The third-order valence-electron chi connectivity index (χ3n) is 4.75. The van der Waals surface area contributed by atoms with E-state index in [1.165, 1.54) is 0 Å². The highest BCUT2D eigenvalue weighted by molar-refractivity contribution is 6.08. The van der Waals surface area contributed by atoms with E-state index < -0.39 is 0 Å². The molecule has 0 bridgehead atoms. The van der Waals surface area contributed by atoms with E-state index in [4.69, 9.17) is 19.2 Å². The fourth-order valence-corrected chi connectivity index (χ4v) is 3.40. The molecule has 1 aromatic carbocycles. The van der Waals surface area contributed by atoms with Gasteiger partial charge >= 0.3 is 0 Å². The number of nitrogens with one attached hydrogen (secondary N) is 2. The molecule has 4 rings (SSSR count). The Labute approximate surface area is 145 Å². The molecule has 1 saturated heterocycles. The summed E-state index contributed by atoms with van der Waals surface area (Å²) in [6.07, 6.45) is 1.96. The molecule has 7 heteroatoms. The van der Waals surface area contributed by atoms with Gasteiger partial charge in [0.05, 0.1) is 30.8 Å². The molecule has 3 aromatic rings. The second kappa shape index (κ2) is 6.40. The van der Waals surface area contributed by atoms with Crippen molar-refractivity contribution >= 4 is 27.6 Å². The van der Waals surface area contributed by atoms with E-state index in [1.807, 2.05) is 19.1 Å². The number of aromatic nitrogens is 3. The fourth-order valence-electron chi connectivity index (χ4n) is 3.40. The topological polar surface area (TPSA) is 81.3 Å². The first kappa shape index (κ1) is 16.0. The minimum atomic E-state index is 0.366. The first-order valence-corrected chi connectivity index (χ1v) is 8.46. The molecule has 0 aliphatic carbocycles. The Bertz CT molecular complexity index is 916. The van der Waals surface area contributed by atoms with Gasteiger partial charge in [0.15, 0.2) is 17.1 Å². The SMILES string of the molecule is COc1cc2nc3n[nH]c(C)c3c(NC3CCOCC3)c2cc1OC. The Morgan fingerprint density at radius 2 is 1.88 bits per heavy atom. The lowest BCUT2D eigenvalue weighted by atomic mass is 10.0. The highest BCUT2D eigenvalue weighted by Crippen LogP contribution is 2.39. The van der Waals surface area contributed by atoms with Gasteiger partial charge in [-0.05, 0) is 25.8 Å². The largest absolute Gasteiger partial charge is 0.493 e. The van der Waals surface area contributed by atoms with Crippen molar-refractivity contribution in [1.82, 2.24) is 15.2 Å². The molecule has 1 aliphatic heterocycles. The van der Waals surface area contributed by atoms with Gasteiger partial charge in [-0.15, -0.1) is 0 Å². The van der Waals surface area contributed by atoms with Crippen LogP contribution >= 0.6 is 0 Å². The Morgan fingerprint density at radius 3 is 2.60 bits per heavy atom. The average molecular weight is 342 g/mol. The normalized spacial score (nSPS) is 15.6. The van der Waals surface area contributed by atoms with Crippen LogP contribution in [-0.2, 0) is 4.74 Å². The molecule has 3 heterocycles. The van der Waals surface area contributed by atoms with Gasteiger partial charge in [-0.3, -0.25) is 5.10 Å². The molecule has 0 amide bonds. The van der Waals surface area contributed by atoms with Crippen LogP contribution in [0.25, 0.3) is 21.9 Å². The lowest BCUT2D eigenvalue weighted by molar-refractivity contribution is 0.0905. The molecular formula is C18H22N4O3. The molecule has 1 fully saturated rings. The van der Waals surface area contributed by atoms with Crippen LogP contribution < -0.4 is 14.8 Å². The van der Waals surface area contributed by atoms with Crippen molar-refractivity contribution < 1.29 is 14.2 Å². The van der Waals surface area contributed by atoms with E-state index in [9.17, 15) is 0 Å². The number of anilines is 1. The van der Waals surface area contributed by atoms with Crippen molar-refractivity contribution in [2.24, 2.45) is 0 Å². The average Bonchev–Trinajstić information content (AvgIpc) is 3.02. The van der Waals surface area contributed by atoms with Gasteiger partial charge in [-0.2, -0.15) is 5.10 Å². The highest BCUT2D eigenvalue weighted by Gasteiger charge is 2.20. The number of methoxy groups -OCH3 is 2. The smallest absolute Gasteiger partial charge is 0.183 e. The minimum Gasteiger partial charge on any atom is -0.493 e. The molecule has 2 N–H and O–H groups in total. The lowest BCUT2D eigenvalue weighted by Crippen LogP contribution is -2.28. The lowest BCUT2D eigenvalue weighted by Gasteiger charge is -2.25. The van der Waals surface area contributed by atoms with Gasteiger partial charge in [-0.1, -0.05) is 0 Å². The summed E-state index contributed by atoms with van der Waals surface area (Å²) in [4.78, 5) is 4.69. The predicted molar refractivity (Wildman–Crippen MR) is 96.7 cm³/mol. The predicted octanol–water partition coefficient (Wildman–Crippen LogP) is 3.03. The third-order valence-corrected chi connectivity index (χ3v) is 4.75. The van der Waals surface area contributed by atoms with Crippen molar-refractivity contribution in [3.8, 4) is 11.5 Å². The number of pyridine rings is 1. The van der Waals surface area contributed by atoms with E-state index in [1.54, 1.807) is 14.2 Å². The first-order chi connectivity index (χ1) is 12.2. The number of ether oxygens (including phenoxy) is 3. The maximum absolute atomic E-state index is 5.49. The molecule has 132 valence electrons. The Morgan fingerprint density at radius 1 is 1.16 bits per heavy atom. The summed E-state index contributed by atoms with van der Waals surface area (Å²) in [7, 11) is 3.27. The van der Waals surface area contributed by atoms with Crippen molar-refractivity contribution in [3.63, 3.8) is 0 Å². The number of aromatic amines is 1. The summed E-state index contributed by atoms with van der Waals surface area (Å²) in [6.45, 7) is 3.58. The van der Waals surface area contributed by atoms with Gasteiger partial charge in [0.25, 0.3) is 0 Å². The summed E-state index contributed by atoms with van der Waals surface area (Å²) in [6, 6.07) is 4.24. The van der Waals surface area contributed by atoms with Gasteiger partial charge in [0.1, 0.15) is 0 Å². The standard InChI is InChI=1S/C18H22N4O3/c1-10-16-17(19-11-4-6-25-7-5-11)12-8-14(23-2)15(24-3)9-13(12)20-18(16)22-21-10/h8-9,11H,4-7H2,1-3H3,(H2,19,20,21,22). The van der Waals surface area contributed by atoms with Crippen LogP contribution in [0.1, 0.15) is 18.5 Å². The van der Waals surface area contributed by atoms with E-state index in [0.29, 0.717) is 23.2 Å². The Hall–Kier alpha value is -2.54. The van der Waals surface area contributed by atoms with E-state index in [-0.39, 0.29) is 0 Å². The number of fused-ring (bicyclic) bond motifs is 2. The van der Waals surface area contributed by atoms with E-state index in [2.05, 4.69) is 15.5 Å². The molecule has 0 spiro atoms. The number of benzene rings is 1. The first-order valence-electron chi connectivity index (χ1n) is 8.46. The second-order valence-corrected chi connectivity index (χ2v) is 6.29.